The molecule has 0 aliphatic carbocycles. The highest BCUT2D eigenvalue weighted by molar-refractivity contribution is 6.30. The molecule has 0 aliphatic heterocycles. The first kappa shape index (κ1) is 14.0. The maximum Gasteiger partial charge on any atom is 0.122 e. The minimum Gasteiger partial charge on any atom is -0.496 e. The van der Waals surface area contributed by atoms with Crippen molar-refractivity contribution in [2.24, 2.45) is 0 Å². The largest absolute Gasteiger partial charge is 0.496 e. The van der Waals surface area contributed by atoms with Gasteiger partial charge in [-0.1, -0.05) is 11.6 Å². The maximum atomic E-state index is 10.3. The van der Waals surface area contributed by atoms with E-state index in [9.17, 15) is 5.11 Å². The Morgan fingerprint density at radius 3 is 2.63 bits per heavy atom. The Labute approximate surface area is 117 Å². The van der Waals surface area contributed by atoms with Crippen LogP contribution in [0.2, 0.25) is 5.02 Å². The number of ether oxygens (including phenoxy) is 1. The van der Waals surface area contributed by atoms with Gasteiger partial charge in [0, 0.05) is 17.0 Å². The zero-order chi connectivity index (χ0) is 14.0. The summed E-state index contributed by atoms with van der Waals surface area (Å²) in [6, 6.07) is 7.24. The van der Waals surface area contributed by atoms with Crippen LogP contribution in [0.15, 0.2) is 28.7 Å². The van der Waals surface area contributed by atoms with E-state index in [-0.39, 0.29) is 0 Å². The van der Waals surface area contributed by atoms with Crippen LogP contribution in [0.5, 0.6) is 5.75 Å². The number of furan rings is 1. The third-order valence-electron chi connectivity index (χ3n) is 3.09. The molecule has 2 aromatic rings. The highest BCUT2D eigenvalue weighted by atomic mass is 35.5. The van der Waals surface area contributed by atoms with E-state index in [2.05, 4.69) is 0 Å². The SMILES string of the molecule is COc1ccc(Cl)cc1CC(O)c1cc(C)oc1C. The molecule has 0 fully saturated rings. The molecule has 1 atom stereocenters. The molecular formula is C15H17ClO3. The summed E-state index contributed by atoms with van der Waals surface area (Å²) in [5.41, 5.74) is 1.68. The molecule has 1 unspecified atom stereocenters. The second kappa shape index (κ2) is 5.68. The van der Waals surface area contributed by atoms with Crippen LogP contribution >= 0.6 is 11.6 Å². The van der Waals surface area contributed by atoms with Crippen molar-refractivity contribution in [3.63, 3.8) is 0 Å². The summed E-state index contributed by atoms with van der Waals surface area (Å²) in [5.74, 6) is 2.26. The number of hydrogen-bond donors (Lipinski definition) is 1. The molecule has 0 spiro atoms. The van der Waals surface area contributed by atoms with E-state index in [1.807, 2.05) is 26.0 Å². The van der Waals surface area contributed by atoms with Crippen molar-refractivity contribution in [2.75, 3.05) is 7.11 Å². The van der Waals surface area contributed by atoms with Crippen molar-refractivity contribution in [2.45, 2.75) is 26.4 Å². The molecule has 1 N–H and O–H groups in total. The van der Waals surface area contributed by atoms with Gasteiger partial charge in [-0.3, -0.25) is 0 Å². The Morgan fingerprint density at radius 1 is 1.32 bits per heavy atom. The Morgan fingerprint density at radius 2 is 2.05 bits per heavy atom. The van der Waals surface area contributed by atoms with Crippen molar-refractivity contribution < 1.29 is 14.3 Å². The predicted octanol–water partition coefficient (Wildman–Crippen LogP) is 3.83. The number of benzene rings is 1. The number of halogens is 1. The average molecular weight is 281 g/mol. The van der Waals surface area contributed by atoms with E-state index in [0.717, 1.165) is 28.4 Å². The minimum absolute atomic E-state index is 0.434. The molecule has 0 radical (unpaired) electrons. The van der Waals surface area contributed by atoms with Crippen molar-refractivity contribution >= 4 is 11.6 Å². The monoisotopic (exact) mass is 280 g/mol. The second-order valence-electron chi connectivity index (χ2n) is 4.54. The molecule has 0 aliphatic rings. The van der Waals surface area contributed by atoms with Gasteiger partial charge in [0.15, 0.2) is 0 Å². The van der Waals surface area contributed by atoms with Crippen LogP contribution in [-0.4, -0.2) is 12.2 Å². The lowest BCUT2D eigenvalue weighted by molar-refractivity contribution is 0.175. The molecule has 19 heavy (non-hydrogen) atoms. The second-order valence-corrected chi connectivity index (χ2v) is 4.98. The highest BCUT2D eigenvalue weighted by Crippen LogP contribution is 2.30. The van der Waals surface area contributed by atoms with Crippen molar-refractivity contribution in [3.8, 4) is 5.75 Å². The quantitative estimate of drug-likeness (QED) is 0.925. The maximum absolute atomic E-state index is 10.3. The molecule has 0 saturated carbocycles. The lowest BCUT2D eigenvalue weighted by Crippen LogP contribution is -2.03. The Kier molecular flexibility index (Phi) is 4.17. The first-order valence-corrected chi connectivity index (χ1v) is 6.46. The van der Waals surface area contributed by atoms with Gasteiger partial charge in [-0.15, -0.1) is 0 Å². The number of aliphatic hydroxyl groups excluding tert-OH is 1. The molecule has 1 aromatic carbocycles. The topological polar surface area (TPSA) is 42.6 Å². The fraction of sp³-hybridized carbons (Fsp3) is 0.333. The first-order valence-electron chi connectivity index (χ1n) is 6.08. The summed E-state index contributed by atoms with van der Waals surface area (Å²) in [4.78, 5) is 0. The van der Waals surface area contributed by atoms with Crippen molar-refractivity contribution in [1.82, 2.24) is 0 Å². The van der Waals surface area contributed by atoms with E-state index >= 15 is 0 Å². The van der Waals surface area contributed by atoms with Gasteiger partial charge in [0.05, 0.1) is 13.2 Å². The van der Waals surface area contributed by atoms with Gasteiger partial charge in [-0.2, -0.15) is 0 Å². The van der Waals surface area contributed by atoms with E-state index in [1.54, 1.807) is 19.2 Å². The molecule has 0 bridgehead atoms. The normalized spacial score (nSPS) is 12.5. The van der Waals surface area contributed by atoms with Crippen molar-refractivity contribution in [1.29, 1.82) is 0 Å². The van der Waals surface area contributed by atoms with Gasteiger partial charge in [0.2, 0.25) is 0 Å². The molecule has 0 saturated heterocycles. The highest BCUT2D eigenvalue weighted by Gasteiger charge is 2.17. The summed E-state index contributed by atoms with van der Waals surface area (Å²) in [6.45, 7) is 3.71. The van der Waals surface area contributed by atoms with Crippen LogP contribution in [0.1, 0.15) is 28.8 Å². The van der Waals surface area contributed by atoms with Gasteiger partial charge in [0.1, 0.15) is 17.3 Å². The van der Waals surface area contributed by atoms with Gasteiger partial charge >= 0.3 is 0 Å². The van der Waals surface area contributed by atoms with E-state index < -0.39 is 6.10 Å². The molecule has 1 heterocycles. The number of aryl methyl sites for hydroxylation is 2. The van der Waals surface area contributed by atoms with Crippen LogP contribution < -0.4 is 4.74 Å². The number of hydrogen-bond acceptors (Lipinski definition) is 3. The van der Waals surface area contributed by atoms with Crippen LogP contribution in [0.3, 0.4) is 0 Å². The lowest BCUT2D eigenvalue weighted by atomic mass is 10.0. The average Bonchev–Trinajstić information content (AvgIpc) is 2.69. The van der Waals surface area contributed by atoms with Crippen LogP contribution in [0.4, 0.5) is 0 Å². The zero-order valence-electron chi connectivity index (χ0n) is 11.2. The summed E-state index contributed by atoms with van der Waals surface area (Å²) in [7, 11) is 1.60. The fourth-order valence-corrected chi connectivity index (χ4v) is 2.40. The van der Waals surface area contributed by atoms with Crippen LogP contribution in [0.25, 0.3) is 0 Å². The van der Waals surface area contributed by atoms with E-state index in [4.69, 9.17) is 20.8 Å². The molecule has 3 nitrogen and oxygen atoms in total. The molecule has 0 amide bonds. The first-order chi connectivity index (χ1) is 9.01. The Balaban J connectivity index is 2.25. The minimum atomic E-state index is -0.634. The van der Waals surface area contributed by atoms with Crippen LogP contribution in [0, 0.1) is 13.8 Å². The van der Waals surface area contributed by atoms with Gasteiger partial charge in [-0.05, 0) is 43.7 Å². The smallest absolute Gasteiger partial charge is 0.122 e. The third-order valence-corrected chi connectivity index (χ3v) is 3.33. The van der Waals surface area contributed by atoms with Gasteiger partial charge in [-0.25, -0.2) is 0 Å². The predicted molar refractivity (Wildman–Crippen MR) is 74.8 cm³/mol. The molecule has 1 aromatic heterocycles. The fourth-order valence-electron chi connectivity index (χ4n) is 2.21. The van der Waals surface area contributed by atoms with E-state index in [0.29, 0.717) is 11.4 Å². The molecule has 102 valence electrons. The Bertz CT molecular complexity index is 575. The van der Waals surface area contributed by atoms with Crippen LogP contribution in [-0.2, 0) is 6.42 Å². The van der Waals surface area contributed by atoms with Gasteiger partial charge < -0.3 is 14.3 Å². The summed E-state index contributed by atoms with van der Waals surface area (Å²) < 4.78 is 10.7. The lowest BCUT2D eigenvalue weighted by Gasteiger charge is -2.13. The summed E-state index contributed by atoms with van der Waals surface area (Å²) >= 11 is 5.98. The van der Waals surface area contributed by atoms with Gasteiger partial charge in [0.25, 0.3) is 0 Å². The Hall–Kier alpha value is -1.45. The zero-order valence-corrected chi connectivity index (χ0v) is 12.0. The van der Waals surface area contributed by atoms with Crippen molar-refractivity contribution in [3.05, 3.63) is 51.9 Å². The number of methoxy groups -OCH3 is 1. The number of rotatable bonds is 4. The molecule has 2 rings (SSSR count). The molecular weight excluding hydrogens is 264 g/mol. The molecule has 4 heteroatoms. The summed E-state index contributed by atoms with van der Waals surface area (Å²) in [5, 5.41) is 10.9. The summed E-state index contributed by atoms with van der Waals surface area (Å²) in [6.07, 6.45) is -0.200. The number of aliphatic hydroxyl groups is 1. The van der Waals surface area contributed by atoms with E-state index in [1.165, 1.54) is 0 Å². The standard InChI is InChI=1S/C15H17ClO3/c1-9-6-13(10(2)19-9)14(17)8-11-7-12(16)4-5-15(11)18-3/h4-7,14,17H,8H2,1-3H3. The third kappa shape index (κ3) is 3.11.